The Morgan fingerprint density at radius 2 is 2.00 bits per heavy atom. The van der Waals surface area contributed by atoms with Crippen LogP contribution < -0.4 is 5.32 Å². The summed E-state index contributed by atoms with van der Waals surface area (Å²) in [6, 6.07) is 9.34. The number of hydrogen-bond donors (Lipinski definition) is 1. The SMILES string of the molecule is CC1CCC(NCCn2ccc3c(Br)cccc32)CC1. The van der Waals surface area contributed by atoms with E-state index in [0.717, 1.165) is 25.0 Å². The van der Waals surface area contributed by atoms with Gasteiger partial charge in [-0.3, -0.25) is 0 Å². The maximum absolute atomic E-state index is 3.73. The van der Waals surface area contributed by atoms with Crippen molar-refractivity contribution in [2.24, 2.45) is 5.92 Å². The molecule has 1 aromatic carbocycles. The van der Waals surface area contributed by atoms with E-state index in [0.29, 0.717) is 0 Å². The van der Waals surface area contributed by atoms with Gasteiger partial charge in [-0.15, -0.1) is 0 Å². The van der Waals surface area contributed by atoms with Gasteiger partial charge >= 0.3 is 0 Å². The number of nitrogens with zero attached hydrogens (tertiary/aromatic N) is 1. The van der Waals surface area contributed by atoms with Crippen molar-refractivity contribution in [3.05, 3.63) is 34.9 Å². The lowest BCUT2D eigenvalue weighted by atomic mass is 9.87. The minimum Gasteiger partial charge on any atom is -0.346 e. The average molecular weight is 335 g/mol. The summed E-state index contributed by atoms with van der Waals surface area (Å²) in [5, 5.41) is 5.03. The summed E-state index contributed by atoms with van der Waals surface area (Å²) in [7, 11) is 0. The largest absolute Gasteiger partial charge is 0.346 e. The molecule has 0 saturated heterocycles. The Morgan fingerprint density at radius 3 is 2.80 bits per heavy atom. The van der Waals surface area contributed by atoms with Gasteiger partial charge in [0.05, 0.1) is 0 Å². The van der Waals surface area contributed by atoms with Crippen LogP contribution in [0.25, 0.3) is 10.9 Å². The molecule has 0 unspecified atom stereocenters. The first-order chi connectivity index (χ1) is 9.74. The van der Waals surface area contributed by atoms with Crippen LogP contribution in [-0.4, -0.2) is 17.2 Å². The van der Waals surface area contributed by atoms with Crippen LogP contribution >= 0.6 is 15.9 Å². The molecule has 1 aromatic heterocycles. The van der Waals surface area contributed by atoms with Crippen molar-refractivity contribution in [2.45, 2.75) is 45.2 Å². The lowest BCUT2D eigenvalue weighted by Gasteiger charge is -2.27. The highest BCUT2D eigenvalue weighted by Gasteiger charge is 2.17. The van der Waals surface area contributed by atoms with Crippen LogP contribution in [0.5, 0.6) is 0 Å². The van der Waals surface area contributed by atoms with Gasteiger partial charge in [-0.1, -0.05) is 28.9 Å². The number of nitrogens with one attached hydrogen (secondary N) is 1. The lowest BCUT2D eigenvalue weighted by molar-refractivity contribution is 0.305. The van der Waals surface area contributed by atoms with Gasteiger partial charge in [0.2, 0.25) is 0 Å². The molecule has 0 atom stereocenters. The molecule has 3 rings (SSSR count). The second kappa shape index (κ2) is 6.31. The van der Waals surface area contributed by atoms with Crippen LogP contribution in [0.2, 0.25) is 0 Å². The molecule has 108 valence electrons. The molecule has 2 aromatic rings. The van der Waals surface area contributed by atoms with Gasteiger partial charge in [-0.2, -0.15) is 0 Å². The number of aromatic nitrogens is 1. The minimum absolute atomic E-state index is 0.736. The Kier molecular flexibility index (Phi) is 4.47. The first kappa shape index (κ1) is 14.2. The van der Waals surface area contributed by atoms with Crippen LogP contribution in [0.15, 0.2) is 34.9 Å². The summed E-state index contributed by atoms with van der Waals surface area (Å²) in [5.74, 6) is 0.929. The van der Waals surface area contributed by atoms with E-state index in [1.807, 2.05) is 0 Å². The Morgan fingerprint density at radius 1 is 1.20 bits per heavy atom. The maximum Gasteiger partial charge on any atom is 0.0492 e. The molecule has 20 heavy (non-hydrogen) atoms. The number of fused-ring (bicyclic) bond motifs is 1. The highest BCUT2D eigenvalue weighted by Crippen LogP contribution is 2.25. The molecule has 0 bridgehead atoms. The van der Waals surface area contributed by atoms with E-state index in [-0.39, 0.29) is 0 Å². The Bertz CT molecular complexity index is 567. The van der Waals surface area contributed by atoms with Crippen molar-refractivity contribution >= 4 is 26.8 Å². The summed E-state index contributed by atoms with van der Waals surface area (Å²) in [4.78, 5) is 0. The van der Waals surface area contributed by atoms with Crippen LogP contribution in [0.3, 0.4) is 0 Å². The number of hydrogen-bond acceptors (Lipinski definition) is 1. The summed E-state index contributed by atoms with van der Waals surface area (Å²) in [6.07, 6.45) is 7.66. The van der Waals surface area contributed by atoms with Crippen molar-refractivity contribution in [1.82, 2.24) is 9.88 Å². The van der Waals surface area contributed by atoms with Gasteiger partial charge in [-0.05, 0) is 49.8 Å². The summed E-state index contributed by atoms with van der Waals surface area (Å²) in [5.41, 5.74) is 1.32. The van der Waals surface area contributed by atoms with Gasteiger partial charge in [0.1, 0.15) is 0 Å². The van der Waals surface area contributed by atoms with E-state index in [1.165, 1.54) is 41.1 Å². The first-order valence-corrected chi connectivity index (χ1v) is 8.50. The molecule has 1 aliphatic carbocycles. The van der Waals surface area contributed by atoms with Crippen LogP contribution in [-0.2, 0) is 6.54 Å². The van der Waals surface area contributed by atoms with Gasteiger partial charge in [-0.25, -0.2) is 0 Å². The Labute approximate surface area is 129 Å². The van der Waals surface area contributed by atoms with Crippen molar-refractivity contribution < 1.29 is 0 Å². The molecule has 0 amide bonds. The van der Waals surface area contributed by atoms with E-state index in [2.05, 4.69) is 63.2 Å². The predicted octanol–water partition coefficient (Wildman–Crippen LogP) is 4.57. The fourth-order valence-electron chi connectivity index (χ4n) is 3.23. The number of benzene rings is 1. The molecular formula is C17H23BrN2. The van der Waals surface area contributed by atoms with E-state index in [4.69, 9.17) is 0 Å². The van der Waals surface area contributed by atoms with E-state index >= 15 is 0 Å². The maximum atomic E-state index is 3.73. The summed E-state index contributed by atoms with van der Waals surface area (Å²) in [6.45, 7) is 4.49. The van der Waals surface area contributed by atoms with Gasteiger partial charge in [0.15, 0.2) is 0 Å². The van der Waals surface area contributed by atoms with Crippen molar-refractivity contribution in [3.8, 4) is 0 Å². The molecule has 0 spiro atoms. The van der Waals surface area contributed by atoms with Crippen molar-refractivity contribution in [3.63, 3.8) is 0 Å². The van der Waals surface area contributed by atoms with E-state index in [1.54, 1.807) is 0 Å². The topological polar surface area (TPSA) is 17.0 Å². The van der Waals surface area contributed by atoms with Crippen molar-refractivity contribution in [1.29, 1.82) is 0 Å². The minimum atomic E-state index is 0.736. The number of halogens is 1. The molecular weight excluding hydrogens is 312 g/mol. The molecule has 1 saturated carbocycles. The van der Waals surface area contributed by atoms with E-state index < -0.39 is 0 Å². The van der Waals surface area contributed by atoms with Crippen LogP contribution in [0.4, 0.5) is 0 Å². The standard InChI is InChI=1S/C17H23BrN2/c1-13-5-7-14(8-6-13)19-10-12-20-11-9-15-16(18)3-2-4-17(15)20/h2-4,9,11,13-14,19H,5-8,10,12H2,1H3. The third-order valence-corrected chi connectivity index (χ3v) is 5.25. The molecule has 1 N–H and O–H groups in total. The third kappa shape index (κ3) is 3.09. The second-order valence-corrected chi connectivity index (χ2v) is 6.95. The van der Waals surface area contributed by atoms with E-state index in [9.17, 15) is 0 Å². The molecule has 2 nitrogen and oxygen atoms in total. The molecule has 1 fully saturated rings. The molecule has 3 heteroatoms. The normalized spacial score (nSPS) is 23.3. The van der Waals surface area contributed by atoms with Crippen LogP contribution in [0.1, 0.15) is 32.6 Å². The quantitative estimate of drug-likeness (QED) is 0.866. The average Bonchev–Trinajstić information content (AvgIpc) is 2.86. The predicted molar refractivity (Wildman–Crippen MR) is 89.1 cm³/mol. The highest BCUT2D eigenvalue weighted by molar-refractivity contribution is 9.10. The summed E-state index contributed by atoms with van der Waals surface area (Å²) < 4.78 is 3.53. The van der Waals surface area contributed by atoms with Crippen LogP contribution in [0, 0.1) is 5.92 Å². The van der Waals surface area contributed by atoms with Gasteiger partial charge < -0.3 is 9.88 Å². The first-order valence-electron chi connectivity index (χ1n) is 7.71. The Balaban J connectivity index is 1.56. The second-order valence-electron chi connectivity index (χ2n) is 6.09. The number of rotatable bonds is 4. The van der Waals surface area contributed by atoms with Gasteiger partial charge in [0.25, 0.3) is 0 Å². The molecule has 0 radical (unpaired) electrons. The highest BCUT2D eigenvalue weighted by atomic mass is 79.9. The zero-order valence-corrected chi connectivity index (χ0v) is 13.7. The fraction of sp³-hybridized carbons (Fsp3) is 0.529. The molecule has 1 heterocycles. The fourth-order valence-corrected chi connectivity index (χ4v) is 3.72. The smallest absolute Gasteiger partial charge is 0.0492 e. The zero-order valence-electron chi connectivity index (χ0n) is 12.1. The van der Waals surface area contributed by atoms with Gasteiger partial charge in [0, 0.05) is 40.7 Å². The molecule has 0 aliphatic heterocycles. The molecule has 1 aliphatic rings. The zero-order chi connectivity index (χ0) is 13.9. The summed E-state index contributed by atoms with van der Waals surface area (Å²) >= 11 is 3.62. The Hall–Kier alpha value is -0.800. The lowest BCUT2D eigenvalue weighted by Crippen LogP contribution is -2.34. The monoisotopic (exact) mass is 334 g/mol. The third-order valence-electron chi connectivity index (χ3n) is 4.56. The van der Waals surface area contributed by atoms with Crippen molar-refractivity contribution in [2.75, 3.05) is 6.54 Å².